The summed E-state index contributed by atoms with van der Waals surface area (Å²) in [6, 6.07) is 13.3. The van der Waals surface area contributed by atoms with Gasteiger partial charge in [0.2, 0.25) is 0 Å². The van der Waals surface area contributed by atoms with Crippen LogP contribution in [0.25, 0.3) is 0 Å². The fourth-order valence-corrected chi connectivity index (χ4v) is 2.96. The Morgan fingerprint density at radius 1 is 1.21 bits per heavy atom. The Labute approximate surface area is 114 Å². The third kappa shape index (κ3) is 3.72. The topological polar surface area (TPSA) is 43.1 Å². The molecule has 2 rings (SSSR count). The second-order valence-electron chi connectivity index (χ2n) is 4.49. The molecule has 0 aliphatic carbocycles. The minimum atomic E-state index is -1.29. The third-order valence-electron chi connectivity index (χ3n) is 2.90. The molecule has 0 aromatic heterocycles. The molecule has 0 bridgehead atoms. The van der Waals surface area contributed by atoms with Crippen LogP contribution in [-0.4, -0.2) is 9.96 Å². The number of aryl methyl sites for hydroxylation is 1. The van der Waals surface area contributed by atoms with Crippen LogP contribution in [0.4, 0.5) is 4.39 Å². The van der Waals surface area contributed by atoms with Gasteiger partial charge in [-0.25, -0.2) is 4.39 Å². The van der Waals surface area contributed by atoms with E-state index in [4.69, 9.17) is 5.73 Å². The van der Waals surface area contributed by atoms with Gasteiger partial charge in [0.05, 0.1) is 10.8 Å². The predicted octanol–water partition coefficient (Wildman–Crippen LogP) is 2.94. The van der Waals surface area contributed by atoms with Gasteiger partial charge in [-0.05, 0) is 30.7 Å². The first-order valence-electron chi connectivity index (χ1n) is 6.02. The summed E-state index contributed by atoms with van der Waals surface area (Å²) in [6.45, 7) is 2.00. The molecule has 2 atom stereocenters. The van der Waals surface area contributed by atoms with Crippen molar-refractivity contribution in [1.29, 1.82) is 0 Å². The van der Waals surface area contributed by atoms with Crippen molar-refractivity contribution in [2.75, 3.05) is 5.75 Å². The summed E-state index contributed by atoms with van der Waals surface area (Å²) in [4.78, 5) is 0.475. The predicted molar refractivity (Wildman–Crippen MR) is 75.8 cm³/mol. The first kappa shape index (κ1) is 13.9. The number of benzene rings is 2. The maximum atomic E-state index is 13.1. The minimum absolute atomic E-state index is 0.284. The molecule has 0 fully saturated rings. The largest absolute Gasteiger partial charge is 0.323 e. The van der Waals surface area contributed by atoms with E-state index in [-0.39, 0.29) is 17.6 Å². The SMILES string of the molecule is Cc1ccc(C(N)CS(=O)c2cccc(F)c2)cc1. The van der Waals surface area contributed by atoms with E-state index in [1.54, 1.807) is 12.1 Å². The van der Waals surface area contributed by atoms with Crippen LogP contribution in [0.3, 0.4) is 0 Å². The van der Waals surface area contributed by atoms with Gasteiger partial charge < -0.3 is 5.73 Å². The molecule has 0 heterocycles. The van der Waals surface area contributed by atoms with Crippen molar-refractivity contribution in [3.8, 4) is 0 Å². The summed E-state index contributed by atoms with van der Waals surface area (Å²) in [5.41, 5.74) is 8.13. The highest BCUT2D eigenvalue weighted by molar-refractivity contribution is 7.85. The molecule has 2 N–H and O–H groups in total. The Kier molecular flexibility index (Phi) is 4.45. The molecule has 0 saturated carbocycles. The smallest absolute Gasteiger partial charge is 0.124 e. The molecule has 0 amide bonds. The van der Waals surface area contributed by atoms with Crippen LogP contribution >= 0.6 is 0 Å². The quantitative estimate of drug-likeness (QED) is 0.933. The van der Waals surface area contributed by atoms with Gasteiger partial charge in [-0.3, -0.25) is 4.21 Å². The maximum Gasteiger partial charge on any atom is 0.124 e. The van der Waals surface area contributed by atoms with Crippen molar-refractivity contribution in [3.05, 3.63) is 65.5 Å². The zero-order chi connectivity index (χ0) is 13.8. The van der Waals surface area contributed by atoms with E-state index in [0.29, 0.717) is 4.90 Å². The van der Waals surface area contributed by atoms with E-state index in [1.165, 1.54) is 12.1 Å². The number of rotatable bonds is 4. The van der Waals surface area contributed by atoms with Crippen LogP contribution < -0.4 is 5.73 Å². The van der Waals surface area contributed by atoms with Gasteiger partial charge in [0, 0.05) is 16.7 Å². The van der Waals surface area contributed by atoms with Crippen LogP contribution in [0.15, 0.2) is 53.4 Å². The normalized spacial score (nSPS) is 14.1. The molecule has 19 heavy (non-hydrogen) atoms. The number of hydrogen-bond donors (Lipinski definition) is 1. The van der Waals surface area contributed by atoms with Gasteiger partial charge in [-0.1, -0.05) is 35.9 Å². The molecule has 0 spiro atoms. The molecule has 2 aromatic carbocycles. The highest BCUT2D eigenvalue weighted by Gasteiger charge is 2.12. The van der Waals surface area contributed by atoms with Crippen molar-refractivity contribution >= 4 is 10.8 Å². The van der Waals surface area contributed by atoms with Gasteiger partial charge in [0.25, 0.3) is 0 Å². The fraction of sp³-hybridized carbons (Fsp3) is 0.200. The molecular weight excluding hydrogens is 261 g/mol. The molecule has 0 saturated heterocycles. The Balaban J connectivity index is 2.08. The number of nitrogens with two attached hydrogens (primary N) is 1. The van der Waals surface area contributed by atoms with Gasteiger partial charge in [0.15, 0.2) is 0 Å². The lowest BCUT2D eigenvalue weighted by Gasteiger charge is -2.12. The second kappa shape index (κ2) is 6.08. The first-order chi connectivity index (χ1) is 9.06. The lowest BCUT2D eigenvalue weighted by atomic mass is 10.1. The van der Waals surface area contributed by atoms with E-state index in [9.17, 15) is 8.60 Å². The monoisotopic (exact) mass is 277 g/mol. The average molecular weight is 277 g/mol. The Morgan fingerprint density at radius 3 is 2.53 bits per heavy atom. The number of hydrogen-bond acceptors (Lipinski definition) is 2. The molecule has 2 aromatic rings. The van der Waals surface area contributed by atoms with Crippen LogP contribution in [0, 0.1) is 12.7 Å². The van der Waals surface area contributed by atoms with Crippen LogP contribution in [0.2, 0.25) is 0 Å². The van der Waals surface area contributed by atoms with E-state index >= 15 is 0 Å². The van der Waals surface area contributed by atoms with E-state index < -0.39 is 10.8 Å². The highest BCUT2D eigenvalue weighted by Crippen LogP contribution is 2.16. The molecule has 0 radical (unpaired) electrons. The summed E-state index contributed by atoms with van der Waals surface area (Å²) < 4.78 is 25.2. The summed E-state index contributed by atoms with van der Waals surface area (Å²) in [5.74, 6) is -0.0956. The van der Waals surface area contributed by atoms with E-state index in [1.807, 2.05) is 31.2 Å². The fourth-order valence-electron chi connectivity index (χ4n) is 1.78. The van der Waals surface area contributed by atoms with Gasteiger partial charge in [-0.15, -0.1) is 0 Å². The zero-order valence-electron chi connectivity index (χ0n) is 10.7. The van der Waals surface area contributed by atoms with Crippen molar-refractivity contribution in [3.63, 3.8) is 0 Å². The van der Waals surface area contributed by atoms with Crippen LogP contribution in [-0.2, 0) is 10.8 Å². The molecule has 4 heteroatoms. The molecule has 0 aliphatic rings. The van der Waals surface area contributed by atoms with Gasteiger partial charge in [-0.2, -0.15) is 0 Å². The van der Waals surface area contributed by atoms with Crippen LogP contribution in [0.5, 0.6) is 0 Å². The third-order valence-corrected chi connectivity index (χ3v) is 4.34. The molecular formula is C15H16FNOS. The van der Waals surface area contributed by atoms with Crippen molar-refractivity contribution in [2.24, 2.45) is 5.73 Å². The Bertz CT molecular complexity index is 583. The molecule has 0 aliphatic heterocycles. The Hall–Kier alpha value is -1.52. The van der Waals surface area contributed by atoms with Crippen molar-refractivity contribution < 1.29 is 8.60 Å². The summed E-state index contributed by atoms with van der Waals surface area (Å²) in [5, 5.41) is 0. The second-order valence-corrected chi connectivity index (χ2v) is 5.98. The maximum absolute atomic E-state index is 13.1. The van der Waals surface area contributed by atoms with Crippen molar-refractivity contribution in [1.82, 2.24) is 0 Å². The molecule has 2 unspecified atom stereocenters. The van der Waals surface area contributed by atoms with E-state index in [2.05, 4.69) is 0 Å². The summed E-state index contributed by atoms with van der Waals surface area (Å²) >= 11 is 0. The average Bonchev–Trinajstić information content (AvgIpc) is 2.39. The summed E-state index contributed by atoms with van der Waals surface area (Å²) in [7, 11) is -1.29. The lowest BCUT2D eigenvalue weighted by molar-refractivity contribution is 0.622. The van der Waals surface area contributed by atoms with Crippen LogP contribution in [0.1, 0.15) is 17.2 Å². The lowest BCUT2D eigenvalue weighted by Crippen LogP contribution is -2.18. The number of halogens is 1. The minimum Gasteiger partial charge on any atom is -0.323 e. The molecule has 100 valence electrons. The first-order valence-corrected chi connectivity index (χ1v) is 7.34. The highest BCUT2D eigenvalue weighted by atomic mass is 32.2. The van der Waals surface area contributed by atoms with E-state index in [0.717, 1.165) is 11.1 Å². The van der Waals surface area contributed by atoms with Gasteiger partial charge in [0.1, 0.15) is 5.82 Å². The van der Waals surface area contributed by atoms with Crippen molar-refractivity contribution in [2.45, 2.75) is 17.9 Å². The Morgan fingerprint density at radius 2 is 1.89 bits per heavy atom. The van der Waals surface area contributed by atoms with Gasteiger partial charge >= 0.3 is 0 Å². The molecule has 2 nitrogen and oxygen atoms in total. The standard InChI is InChI=1S/C15H16FNOS/c1-11-5-7-12(8-6-11)15(17)10-19(18)14-4-2-3-13(16)9-14/h2-9,15H,10,17H2,1H3. The summed E-state index contributed by atoms with van der Waals surface area (Å²) in [6.07, 6.45) is 0. The zero-order valence-corrected chi connectivity index (χ0v) is 11.5.